The van der Waals surface area contributed by atoms with Crippen LogP contribution in [-0.4, -0.2) is 14.3 Å². The fourth-order valence-corrected chi connectivity index (χ4v) is 4.36. The predicted octanol–water partition coefficient (Wildman–Crippen LogP) is 4.90. The second-order valence-corrected chi connectivity index (χ2v) is 8.56. The Hall–Kier alpha value is -2.92. The fourth-order valence-electron chi connectivity index (χ4n) is 2.94. The normalized spacial score (nSPS) is 11.2. The molecule has 0 unspecified atom stereocenters. The summed E-state index contributed by atoms with van der Waals surface area (Å²) in [4.78, 5) is 13.4. The van der Waals surface area contributed by atoms with Gasteiger partial charge in [0, 0.05) is 5.56 Å². The zero-order chi connectivity index (χ0) is 20.3. The summed E-state index contributed by atoms with van der Waals surface area (Å²) in [5, 5.41) is 0. The number of nitrogens with zero attached hydrogens (tertiary/aromatic N) is 1. The number of hydrogen-bond donors (Lipinski definition) is 0. The van der Waals surface area contributed by atoms with Crippen molar-refractivity contribution >= 4 is 21.6 Å². The van der Waals surface area contributed by atoms with Crippen molar-refractivity contribution in [3.05, 3.63) is 95.1 Å². The maximum atomic E-state index is 13.4. The summed E-state index contributed by atoms with van der Waals surface area (Å²) in [6.45, 7) is 5.77. The molecule has 0 bridgehead atoms. The summed E-state index contributed by atoms with van der Waals surface area (Å²) in [7, 11) is -4.07. The molecule has 144 valence electrons. The summed E-state index contributed by atoms with van der Waals surface area (Å²) in [6.07, 6.45) is 0.830. The molecule has 4 nitrogen and oxygen atoms in total. The summed E-state index contributed by atoms with van der Waals surface area (Å²) >= 11 is 0. The van der Waals surface area contributed by atoms with Gasteiger partial charge in [0.1, 0.15) is 0 Å². The Labute approximate surface area is 166 Å². The zero-order valence-electron chi connectivity index (χ0n) is 16.2. The number of carbonyl (C=O) groups is 1. The van der Waals surface area contributed by atoms with Gasteiger partial charge in [0.05, 0.1) is 10.6 Å². The van der Waals surface area contributed by atoms with Crippen LogP contribution in [0.1, 0.15) is 34.0 Å². The highest BCUT2D eigenvalue weighted by molar-refractivity contribution is 7.93. The van der Waals surface area contributed by atoms with E-state index in [1.54, 1.807) is 42.5 Å². The van der Waals surface area contributed by atoms with E-state index >= 15 is 0 Å². The molecule has 0 spiro atoms. The van der Waals surface area contributed by atoms with Gasteiger partial charge in [-0.15, -0.1) is 0 Å². The predicted molar refractivity (Wildman–Crippen MR) is 112 cm³/mol. The first-order valence-corrected chi connectivity index (χ1v) is 10.6. The van der Waals surface area contributed by atoms with Crippen molar-refractivity contribution in [3.8, 4) is 0 Å². The van der Waals surface area contributed by atoms with E-state index in [0.29, 0.717) is 11.3 Å². The fraction of sp³-hybridized carbons (Fsp3) is 0.174. The SMILES string of the molecule is CCc1ccc(N(C(=O)c2cccc(C)c2)S(=O)(=O)c2ccc(C)cc2)cc1. The summed E-state index contributed by atoms with van der Waals surface area (Å²) < 4.78 is 27.7. The number of aryl methyl sites for hydroxylation is 3. The molecule has 0 aliphatic rings. The minimum absolute atomic E-state index is 0.0821. The molecule has 0 aliphatic carbocycles. The Kier molecular flexibility index (Phi) is 5.66. The third kappa shape index (κ3) is 3.99. The average Bonchev–Trinajstić information content (AvgIpc) is 2.69. The lowest BCUT2D eigenvalue weighted by Gasteiger charge is -2.23. The van der Waals surface area contributed by atoms with Gasteiger partial charge in [0.2, 0.25) is 0 Å². The molecule has 5 heteroatoms. The molecular formula is C23H23NO3S. The molecule has 3 rings (SSSR count). The van der Waals surface area contributed by atoms with Gasteiger partial charge in [0.25, 0.3) is 15.9 Å². The topological polar surface area (TPSA) is 54.5 Å². The van der Waals surface area contributed by atoms with Gasteiger partial charge in [-0.05, 0) is 62.2 Å². The van der Waals surface area contributed by atoms with Crippen molar-refractivity contribution < 1.29 is 13.2 Å². The van der Waals surface area contributed by atoms with Gasteiger partial charge in [-0.2, -0.15) is 4.31 Å². The number of sulfonamides is 1. The largest absolute Gasteiger partial charge is 0.272 e. The van der Waals surface area contributed by atoms with E-state index in [1.807, 2.05) is 39.0 Å². The highest BCUT2D eigenvalue weighted by atomic mass is 32.2. The molecule has 0 aliphatic heterocycles. The first kappa shape index (κ1) is 19.8. The molecule has 3 aromatic carbocycles. The molecule has 0 heterocycles. The first-order chi connectivity index (χ1) is 13.3. The Morgan fingerprint density at radius 3 is 2.07 bits per heavy atom. The van der Waals surface area contributed by atoms with Crippen LogP contribution in [0.15, 0.2) is 77.7 Å². The molecule has 1 amide bonds. The molecule has 28 heavy (non-hydrogen) atoms. The maximum Gasteiger partial charge on any atom is 0.272 e. The van der Waals surface area contributed by atoms with Crippen LogP contribution in [0.4, 0.5) is 5.69 Å². The Morgan fingerprint density at radius 2 is 1.50 bits per heavy atom. The van der Waals surface area contributed by atoms with E-state index < -0.39 is 15.9 Å². The molecule has 0 saturated heterocycles. The molecule has 0 N–H and O–H groups in total. The Bertz CT molecular complexity index is 1090. The lowest BCUT2D eigenvalue weighted by Crippen LogP contribution is -2.37. The summed E-state index contributed by atoms with van der Waals surface area (Å²) in [5.74, 6) is -0.575. The van der Waals surface area contributed by atoms with Gasteiger partial charge < -0.3 is 0 Å². The van der Waals surface area contributed by atoms with Crippen LogP contribution in [0, 0.1) is 13.8 Å². The standard InChI is InChI=1S/C23H23NO3S/c1-4-19-10-12-21(13-11-19)24(23(25)20-7-5-6-18(3)16-20)28(26,27)22-14-8-17(2)9-15-22/h5-16H,4H2,1-3H3. The number of benzene rings is 3. The second-order valence-electron chi connectivity index (χ2n) is 6.78. The zero-order valence-corrected chi connectivity index (χ0v) is 17.0. The van der Waals surface area contributed by atoms with Crippen molar-refractivity contribution in [1.82, 2.24) is 0 Å². The van der Waals surface area contributed by atoms with Crippen LogP contribution in [0.5, 0.6) is 0 Å². The first-order valence-electron chi connectivity index (χ1n) is 9.15. The van der Waals surface area contributed by atoms with Crippen molar-refractivity contribution in [2.75, 3.05) is 4.31 Å². The quantitative estimate of drug-likeness (QED) is 0.619. The van der Waals surface area contributed by atoms with Crippen molar-refractivity contribution in [2.45, 2.75) is 32.1 Å². The van der Waals surface area contributed by atoms with E-state index in [0.717, 1.165) is 27.4 Å². The Morgan fingerprint density at radius 1 is 0.857 bits per heavy atom. The summed E-state index contributed by atoms with van der Waals surface area (Å²) in [5.41, 5.74) is 3.56. The smallest absolute Gasteiger partial charge is 0.268 e. The van der Waals surface area contributed by atoms with Crippen LogP contribution in [0.2, 0.25) is 0 Å². The molecule has 0 fully saturated rings. The number of amides is 1. The maximum absolute atomic E-state index is 13.4. The highest BCUT2D eigenvalue weighted by Gasteiger charge is 2.31. The lowest BCUT2D eigenvalue weighted by molar-refractivity contribution is 0.101. The monoisotopic (exact) mass is 393 g/mol. The van der Waals surface area contributed by atoms with E-state index in [1.165, 1.54) is 12.1 Å². The van der Waals surface area contributed by atoms with E-state index in [4.69, 9.17) is 0 Å². The van der Waals surface area contributed by atoms with Gasteiger partial charge in [-0.1, -0.05) is 54.4 Å². The average molecular weight is 394 g/mol. The number of carbonyl (C=O) groups excluding carboxylic acids is 1. The number of anilines is 1. The number of hydrogen-bond acceptors (Lipinski definition) is 3. The molecular weight excluding hydrogens is 370 g/mol. The molecule has 0 atom stereocenters. The number of rotatable bonds is 5. The second kappa shape index (κ2) is 7.98. The van der Waals surface area contributed by atoms with Gasteiger partial charge in [-0.25, -0.2) is 8.42 Å². The lowest BCUT2D eigenvalue weighted by atomic mass is 10.1. The third-order valence-corrected chi connectivity index (χ3v) is 6.31. The van der Waals surface area contributed by atoms with Crippen LogP contribution >= 0.6 is 0 Å². The van der Waals surface area contributed by atoms with Crippen molar-refractivity contribution in [2.24, 2.45) is 0 Å². The van der Waals surface area contributed by atoms with E-state index in [2.05, 4.69) is 0 Å². The van der Waals surface area contributed by atoms with Crippen LogP contribution in [0.3, 0.4) is 0 Å². The van der Waals surface area contributed by atoms with Gasteiger partial charge >= 0.3 is 0 Å². The van der Waals surface area contributed by atoms with Crippen LogP contribution in [-0.2, 0) is 16.4 Å². The van der Waals surface area contributed by atoms with Crippen LogP contribution < -0.4 is 4.31 Å². The molecule has 0 radical (unpaired) electrons. The van der Waals surface area contributed by atoms with Crippen molar-refractivity contribution in [1.29, 1.82) is 0 Å². The van der Waals surface area contributed by atoms with Crippen LogP contribution in [0.25, 0.3) is 0 Å². The van der Waals surface area contributed by atoms with E-state index in [-0.39, 0.29) is 4.90 Å². The third-order valence-electron chi connectivity index (χ3n) is 4.59. The highest BCUT2D eigenvalue weighted by Crippen LogP contribution is 2.27. The minimum atomic E-state index is -4.07. The van der Waals surface area contributed by atoms with Crippen molar-refractivity contribution in [3.63, 3.8) is 0 Å². The Balaban J connectivity index is 2.15. The molecule has 0 saturated carbocycles. The van der Waals surface area contributed by atoms with E-state index in [9.17, 15) is 13.2 Å². The molecule has 0 aromatic heterocycles. The minimum Gasteiger partial charge on any atom is -0.268 e. The van der Waals surface area contributed by atoms with Gasteiger partial charge in [0.15, 0.2) is 0 Å². The van der Waals surface area contributed by atoms with Gasteiger partial charge in [-0.3, -0.25) is 4.79 Å². The molecule has 3 aromatic rings. The summed E-state index contributed by atoms with van der Waals surface area (Å²) in [6, 6.07) is 20.5.